The summed E-state index contributed by atoms with van der Waals surface area (Å²) in [5, 5.41) is 0. The molecule has 4 aliphatic heterocycles. The van der Waals surface area contributed by atoms with Crippen molar-refractivity contribution in [3.05, 3.63) is 87.8 Å². The van der Waals surface area contributed by atoms with Gasteiger partial charge in [0, 0.05) is 53.9 Å². The van der Waals surface area contributed by atoms with Crippen molar-refractivity contribution in [1.29, 1.82) is 0 Å². The van der Waals surface area contributed by atoms with Crippen molar-refractivity contribution >= 4 is 23.6 Å². The third-order valence-corrected chi connectivity index (χ3v) is 9.27. The predicted octanol–water partition coefficient (Wildman–Crippen LogP) is 5.64. The molecular formula is C33H33N3O3. The number of piperidine rings is 1. The Morgan fingerprint density at radius 3 is 2.56 bits per heavy atom. The Balaban J connectivity index is 1.13. The molecule has 0 bridgehead atoms. The molecule has 1 amide bonds. The third-order valence-electron chi connectivity index (χ3n) is 9.27. The van der Waals surface area contributed by atoms with E-state index in [0.29, 0.717) is 17.6 Å². The molecule has 0 atom stereocenters. The highest BCUT2D eigenvalue weighted by Gasteiger charge is 2.46. The molecule has 0 radical (unpaired) electrons. The van der Waals surface area contributed by atoms with Crippen molar-refractivity contribution in [2.24, 2.45) is 10.4 Å². The van der Waals surface area contributed by atoms with Crippen LogP contribution in [0, 0.1) is 12.3 Å². The smallest absolute Gasteiger partial charge is 0.227 e. The first kappa shape index (κ1) is 24.3. The number of allylic oxidation sites excluding steroid dienone is 3. The molecule has 39 heavy (non-hydrogen) atoms. The fraction of sp³-hybridized carbons (Fsp3) is 0.364. The molecular weight excluding hydrogens is 486 g/mol. The fourth-order valence-corrected chi connectivity index (χ4v) is 6.80. The average Bonchev–Trinajstić information content (AvgIpc) is 3.66. The van der Waals surface area contributed by atoms with E-state index in [1.54, 1.807) is 6.21 Å². The van der Waals surface area contributed by atoms with Crippen molar-refractivity contribution in [1.82, 2.24) is 4.90 Å². The van der Waals surface area contributed by atoms with E-state index in [-0.39, 0.29) is 17.1 Å². The minimum atomic E-state index is 0.0173. The van der Waals surface area contributed by atoms with Crippen LogP contribution < -0.4 is 4.90 Å². The summed E-state index contributed by atoms with van der Waals surface area (Å²) < 4.78 is 6.16. The van der Waals surface area contributed by atoms with Gasteiger partial charge in [0.2, 0.25) is 5.91 Å². The highest BCUT2D eigenvalue weighted by molar-refractivity contribution is 6.23. The van der Waals surface area contributed by atoms with Crippen molar-refractivity contribution in [2.75, 3.05) is 38.2 Å². The summed E-state index contributed by atoms with van der Waals surface area (Å²) in [4.78, 5) is 34.7. The number of carbonyl (C=O) groups is 2. The molecule has 1 aliphatic carbocycles. The molecule has 2 fully saturated rings. The molecule has 2 saturated heterocycles. The summed E-state index contributed by atoms with van der Waals surface area (Å²) in [7, 11) is 2.18. The summed E-state index contributed by atoms with van der Waals surface area (Å²) in [6.07, 6.45) is 8.27. The van der Waals surface area contributed by atoms with E-state index in [0.717, 1.165) is 91.3 Å². The molecule has 6 heteroatoms. The van der Waals surface area contributed by atoms with E-state index in [4.69, 9.17) is 4.74 Å². The Labute approximate surface area is 229 Å². The number of ketones is 1. The largest absolute Gasteiger partial charge is 0.493 e. The van der Waals surface area contributed by atoms with Crippen molar-refractivity contribution < 1.29 is 14.3 Å². The highest BCUT2D eigenvalue weighted by atomic mass is 16.5. The second kappa shape index (κ2) is 9.16. The molecule has 0 saturated carbocycles. The van der Waals surface area contributed by atoms with Crippen LogP contribution in [0.5, 0.6) is 0 Å². The Morgan fingerprint density at radius 2 is 1.85 bits per heavy atom. The number of amides is 1. The highest BCUT2D eigenvalue weighted by Crippen LogP contribution is 2.52. The Bertz CT molecular complexity index is 1520. The van der Waals surface area contributed by atoms with Crippen LogP contribution in [0.2, 0.25) is 0 Å². The lowest BCUT2D eigenvalue weighted by molar-refractivity contribution is -0.117. The van der Waals surface area contributed by atoms with Crippen LogP contribution in [0.1, 0.15) is 48.0 Å². The van der Waals surface area contributed by atoms with Gasteiger partial charge in [0.25, 0.3) is 0 Å². The van der Waals surface area contributed by atoms with Gasteiger partial charge in [-0.05, 0) is 86.3 Å². The molecule has 1 spiro atoms. The number of rotatable bonds is 4. The Kier molecular flexibility index (Phi) is 5.70. The van der Waals surface area contributed by atoms with Crippen molar-refractivity contribution in [2.45, 2.75) is 39.0 Å². The first-order valence-corrected chi connectivity index (χ1v) is 14.0. The van der Waals surface area contributed by atoms with Gasteiger partial charge in [-0.2, -0.15) is 0 Å². The summed E-state index contributed by atoms with van der Waals surface area (Å²) in [5.41, 5.74) is 8.96. The number of hydrogen-bond acceptors (Lipinski definition) is 5. The van der Waals surface area contributed by atoms with Gasteiger partial charge >= 0.3 is 0 Å². The number of carbonyl (C=O) groups excluding carboxylic acids is 2. The maximum atomic E-state index is 13.7. The zero-order valence-electron chi connectivity index (χ0n) is 22.6. The van der Waals surface area contributed by atoms with Gasteiger partial charge in [0.1, 0.15) is 5.76 Å². The van der Waals surface area contributed by atoms with E-state index < -0.39 is 0 Å². The molecule has 0 aromatic heterocycles. The maximum Gasteiger partial charge on any atom is 0.227 e. The minimum absolute atomic E-state index is 0.0173. The molecule has 198 valence electrons. The molecule has 0 unspecified atom stereocenters. The summed E-state index contributed by atoms with van der Waals surface area (Å²) in [6.45, 7) is 5.75. The monoisotopic (exact) mass is 519 g/mol. The second-order valence-electron chi connectivity index (χ2n) is 11.6. The van der Waals surface area contributed by atoms with Gasteiger partial charge in [-0.3, -0.25) is 14.6 Å². The van der Waals surface area contributed by atoms with E-state index in [1.807, 2.05) is 41.3 Å². The van der Waals surface area contributed by atoms with Crippen LogP contribution in [0.4, 0.5) is 5.69 Å². The zero-order chi connectivity index (χ0) is 26.7. The lowest BCUT2D eigenvalue weighted by atomic mass is 9.70. The number of Topliss-reactive ketones (excluding diaryl/α,β-unsaturated/α-hetero) is 1. The number of benzene rings is 2. The minimum Gasteiger partial charge on any atom is -0.493 e. The van der Waals surface area contributed by atoms with Crippen LogP contribution in [-0.4, -0.2) is 56.1 Å². The maximum absolute atomic E-state index is 13.7. The first-order valence-electron chi connectivity index (χ1n) is 14.0. The average molecular weight is 520 g/mol. The van der Waals surface area contributed by atoms with Crippen molar-refractivity contribution in [3.8, 4) is 11.1 Å². The SMILES string of the molecule is Cc1cc(N2CCCC2=O)ccc1-c1ccc(C(=O)C2=C3CC4=C(C=C3N=C2)OCC42CCN(C)CC2)cc1. The predicted molar refractivity (Wildman–Crippen MR) is 153 cm³/mol. The van der Waals surface area contributed by atoms with Crippen LogP contribution in [-0.2, 0) is 9.53 Å². The van der Waals surface area contributed by atoms with Gasteiger partial charge in [-0.15, -0.1) is 0 Å². The van der Waals surface area contributed by atoms with Gasteiger partial charge in [0.15, 0.2) is 5.78 Å². The number of aryl methyl sites for hydroxylation is 1. The van der Waals surface area contributed by atoms with E-state index in [1.165, 1.54) is 5.57 Å². The van der Waals surface area contributed by atoms with Gasteiger partial charge in [-0.25, -0.2) is 0 Å². The third kappa shape index (κ3) is 4.00. The van der Waals surface area contributed by atoms with E-state index in [9.17, 15) is 9.59 Å². The first-order chi connectivity index (χ1) is 18.9. The second-order valence-corrected chi connectivity index (χ2v) is 11.6. The van der Waals surface area contributed by atoms with Crippen molar-refractivity contribution in [3.63, 3.8) is 0 Å². The summed E-state index contributed by atoms with van der Waals surface area (Å²) in [6, 6.07) is 14.1. The van der Waals surface area contributed by atoms with Gasteiger partial charge < -0.3 is 14.5 Å². The normalized spacial score (nSPS) is 21.9. The number of hydrogen-bond donors (Lipinski definition) is 0. The number of nitrogens with zero attached hydrogens (tertiary/aromatic N) is 3. The Hall–Kier alpha value is -3.77. The number of aliphatic imine (C=N–C) groups is 1. The summed E-state index contributed by atoms with van der Waals surface area (Å²) >= 11 is 0. The summed E-state index contributed by atoms with van der Waals surface area (Å²) in [5.74, 6) is 1.19. The van der Waals surface area contributed by atoms with Crippen LogP contribution in [0.3, 0.4) is 0 Å². The van der Waals surface area contributed by atoms with Gasteiger partial charge in [-0.1, -0.05) is 30.3 Å². The number of anilines is 1. The molecule has 4 heterocycles. The number of ether oxygens (including phenoxy) is 1. The number of likely N-dealkylation sites (tertiary alicyclic amines) is 1. The molecule has 7 rings (SSSR count). The lowest BCUT2D eigenvalue weighted by Crippen LogP contribution is -2.40. The van der Waals surface area contributed by atoms with E-state index >= 15 is 0 Å². The van der Waals surface area contributed by atoms with E-state index in [2.05, 4.69) is 36.0 Å². The van der Waals surface area contributed by atoms with Gasteiger partial charge in [0.05, 0.1) is 12.3 Å². The number of fused-ring (bicyclic) bond motifs is 2. The molecule has 6 nitrogen and oxygen atoms in total. The molecule has 2 aromatic rings. The topological polar surface area (TPSA) is 62.2 Å². The molecule has 5 aliphatic rings. The Morgan fingerprint density at radius 1 is 1.05 bits per heavy atom. The van der Waals surface area contributed by atoms with Crippen LogP contribution in [0.15, 0.2) is 81.7 Å². The standard InChI is InChI=1S/C33H33N3O3/c1-21-16-24(36-13-3-4-31(36)37)9-10-25(21)22-5-7-23(8-6-22)32(38)27-19-34-29-18-30-28(17-26(27)29)33(20-39-30)11-14-35(2)15-12-33/h5-10,16,18-19H,3-4,11-15,17,20H2,1-2H3. The lowest BCUT2D eigenvalue weighted by Gasteiger charge is -2.38. The van der Waals surface area contributed by atoms with Crippen LogP contribution >= 0.6 is 0 Å². The molecule has 2 aromatic carbocycles. The molecule has 0 N–H and O–H groups in total. The zero-order valence-corrected chi connectivity index (χ0v) is 22.6. The fourth-order valence-electron chi connectivity index (χ4n) is 6.80. The quantitative estimate of drug-likeness (QED) is 0.491. The van der Waals surface area contributed by atoms with Crippen LogP contribution in [0.25, 0.3) is 11.1 Å².